The molecule has 2 rings (SSSR count). The Morgan fingerprint density at radius 3 is 2.53 bits per heavy atom. The highest BCUT2D eigenvalue weighted by atomic mass is 19.1. The highest BCUT2D eigenvalue weighted by Gasteiger charge is 2.16. The van der Waals surface area contributed by atoms with E-state index in [0.717, 1.165) is 11.5 Å². The first-order valence-electron chi connectivity index (χ1n) is 6.28. The second-order valence-electron chi connectivity index (χ2n) is 4.76. The van der Waals surface area contributed by atoms with Crippen LogP contribution in [0.25, 0.3) is 0 Å². The number of benzene rings is 1. The Morgan fingerprint density at radius 2 is 1.89 bits per heavy atom. The molecule has 2 N–H and O–H groups in total. The van der Waals surface area contributed by atoms with E-state index in [1.807, 2.05) is 32.9 Å². The predicted molar refractivity (Wildman–Crippen MR) is 71.5 cm³/mol. The van der Waals surface area contributed by atoms with Gasteiger partial charge in [0.05, 0.1) is 6.04 Å². The molecule has 4 heteroatoms. The van der Waals surface area contributed by atoms with Crippen LogP contribution in [0.3, 0.4) is 0 Å². The van der Waals surface area contributed by atoms with E-state index in [1.54, 1.807) is 0 Å². The van der Waals surface area contributed by atoms with E-state index >= 15 is 0 Å². The predicted octanol–water partition coefficient (Wildman–Crippen LogP) is 3.84. The molecule has 2 aromatic rings. The van der Waals surface area contributed by atoms with E-state index in [1.165, 1.54) is 18.2 Å². The van der Waals surface area contributed by atoms with Crippen LogP contribution >= 0.6 is 0 Å². The molecule has 0 saturated carbocycles. The van der Waals surface area contributed by atoms with Crippen molar-refractivity contribution in [2.75, 3.05) is 0 Å². The molecule has 2 atom stereocenters. The molecule has 0 radical (unpaired) electrons. The fourth-order valence-corrected chi connectivity index (χ4v) is 2.11. The molecule has 1 aromatic carbocycles. The van der Waals surface area contributed by atoms with Gasteiger partial charge in [-0.05, 0) is 51.1 Å². The first kappa shape index (κ1) is 13.6. The third-order valence-electron chi connectivity index (χ3n) is 3.14. The van der Waals surface area contributed by atoms with Gasteiger partial charge in [0.25, 0.3) is 0 Å². The molecule has 19 heavy (non-hydrogen) atoms. The molecule has 0 spiro atoms. The fraction of sp³-hybridized carbons (Fsp3) is 0.333. The monoisotopic (exact) mass is 263 g/mol. The van der Waals surface area contributed by atoms with Crippen LogP contribution in [-0.4, -0.2) is 5.11 Å². The van der Waals surface area contributed by atoms with Crippen molar-refractivity contribution in [1.82, 2.24) is 5.32 Å². The summed E-state index contributed by atoms with van der Waals surface area (Å²) in [7, 11) is 0. The molecule has 0 amide bonds. The first-order chi connectivity index (χ1) is 8.97. The van der Waals surface area contributed by atoms with Crippen LogP contribution < -0.4 is 5.32 Å². The molecule has 0 aliphatic rings. The highest BCUT2D eigenvalue weighted by Crippen LogP contribution is 2.27. The maximum absolute atomic E-state index is 13.2. The quantitative estimate of drug-likeness (QED) is 0.880. The van der Waals surface area contributed by atoms with Crippen molar-refractivity contribution < 1.29 is 13.9 Å². The molecule has 3 nitrogen and oxygen atoms in total. The minimum atomic E-state index is -0.358. The van der Waals surface area contributed by atoms with E-state index in [0.29, 0.717) is 5.56 Å². The Labute approximate surface area is 112 Å². The topological polar surface area (TPSA) is 45.4 Å². The Balaban J connectivity index is 2.12. The van der Waals surface area contributed by atoms with Crippen LogP contribution in [0.4, 0.5) is 4.39 Å². The van der Waals surface area contributed by atoms with E-state index in [9.17, 15) is 9.50 Å². The zero-order chi connectivity index (χ0) is 14.0. The van der Waals surface area contributed by atoms with Crippen LogP contribution in [-0.2, 0) is 0 Å². The van der Waals surface area contributed by atoms with Crippen molar-refractivity contribution in [2.24, 2.45) is 0 Å². The number of furan rings is 1. The van der Waals surface area contributed by atoms with Gasteiger partial charge in [-0.3, -0.25) is 0 Å². The highest BCUT2D eigenvalue weighted by molar-refractivity contribution is 5.35. The maximum atomic E-state index is 13.2. The van der Waals surface area contributed by atoms with Gasteiger partial charge in [0.2, 0.25) is 0 Å². The zero-order valence-electron chi connectivity index (χ0n) is 11.3. The molecule has 2 unspecified atom stereocenters. The molecule has 0 aliphatic heterocycles. The van der Waals surface area contributed by atoms with Gasteiger partial charge in [0.1, 0.15) is 23.1 Å². The summed E-state index contributed by atoms with van der Waals surface area (Å²) in [5.74, 6) is 1.40. The van der Waals surface area contributed by atoms with Gasteiger partial charge in [0.15, 0.2) is 0 Å². The van der Waals surface area contributed by atoms with Crippen LogP contribution in [0.1, 0.15) is 43.0 Å². The number of rotatable bonds is 4. The number of aromatic hydroxyl groups is 1. The second kappa shape index (κ2) is 5.45. The van der Waals surface area contributed by atoms with Crippen LogP contribution in [0.2, 0.25) is 0 Å². The van der Waals surface area contributed by atoms with E-state index in [4.69, 9.17) is 4.42 Å². The normalized spacial score (nSPS) is 14.3. The van der Waals surface area contributed by atoms with Crippen molar-refractivity contribution in [3.63, 3.8) is 0 Å². The summed E-state index contributed by atoms with van der Waals surface area (Å²) in [6.07, 6.45) is 0. The van der Waals surface area contributed by atoms with Crippen molar-refractivity contribution in [3.05, 3.63) is 53.2 Å². The maximum Gasteiger partial charge on any atom is 0.123 e. The third-order valence-corrected chi connectivity index (χ3v) is 3.14. The summed E-state index contributed by atoms with van der Waals surface area (Å²) in [4.78, 5) is 0. The van der Waals surface area contributed by atoms with Crippen molar-refractivity contribution in [1.29, 1.82) is 0 Å². The lowest BCUT2D eigenvalue weighted by Crippen LogP contribution is -2.22. The van der Waals surface area contributed by atoms with Gasteiger partial charge in [-0.1, -0.05) is 0 Å². The van der Waals surface area contributed by atoms with Gasteiger partial charge in [-0.15, -0.1) is 0 Å². The Kier molecular flexibility index (Phi) is 3.90. The van der Waals surface area contributed by atoms with Gasteiger partial charge in [0, 0.05) is 11.6 Å². The molecule has 0 saturated heterocycles. The molecule has 0 aliphatic carbocycles. The van der Waals surface area contributed by atoms with Crippen LogP contribution in [0.5, 0.6) is 5.75 Å². The average Bonchev–Trinajstić information content (AvgIpc) is 2.79. The number of hydrogen-bond acceptors (Lipinski definition) is 3. The smallest absolute Gasteiger partial charge is 0.123 e. The van der Waals surface area contributed by atoms with Crippen molar-refractivity contribution in [2.45, 2.75) is 32.9 Å². The van der Waals surface area contributed by atoms with Crippen molar-refractivity contribution >= 4 is 0 Å². The standard InChI is InChI=1S/C15H18FNO2/c1-9-4-7-15(19-9)11(3)17-10(2)13-8-12(16)5-6-14(13)18/h4-8,10-11,17-18H,1-3H3. The number of aryl methyl sites for hydroxylation is 1. The Bertz CT molecular complexity index is 565. The molecule has 1 aromatic heterocycles. The summed E-state index contributed by atoms with van der Waals surface area (Å²) in [6.45, 7) is 5.73. The molecule has 102 valence electrons. The van der Waals surface area contributed by atoms with Gasteiger partial charge in [-0.2, -0.15) is 0 Å². The minimum absolute atomic E-state index is 0.0219. The SMILES string of the molecule is Cc1ccc(C(C)NC(C)c2cc(F)ccc2O)o1. The summed E-state index contributed by atoms with van der Waals surface area (Å²) in [6, 6.07) is 7.55. The number of halogens is 1. The van der Waals surface area contributed by atoms with E-state index in [-0.39, 0.29) is 23.7 Å². The van der Waals surface area contributed by atoms with E-state index in [2.05, 4.69) is 5.32 Å². The number of nitrogens with one attached hydrogen (secondary N) is 1. The number of phenolic OH excluding ortho intramolecular Hbond substituents is 1. The average molecular weight is 263 g/mol. The number of hydrogen-bond donors (Lipinski definition) is 2. The Morgan fingerprint density at radius 1 is 1.16 bits per heavy atom. The van der Waals surface area contributed by atoms with Gasteiger partial charge in [-0.25, -0.2) is 4.39 Å². The molecule has 0 bridgehead atoms. The zero-order valence-corrected chi connectivity index (χ0v) is 11.3. The summed E-state index contributed by atoms with van der Waals surface area (Å²) < 4.78 is 18.8. The molecular formula is C15H18FNO2. The lowest BCUT2D eigenvalue weighted by molar-refractivity contribution is 0.383. The van der Waals surface area contributed by atoms with Crippen LogP contribution in [0, 0.1) is 12.7 Å². The van der Waals surface area contributed by atoms with E-state index < -0.39 is 0 Å². The van der Waals surface area contributed by atoms with Crippen LogP contribution in [0.15, 0.2) is 34.7 Å². The van der Waals surface area contributed by atoms with Gasteiger partial charge < -0.3 is 14.8 Å². The fourth-order valence-electron chi connectivity index (χ4n) is 2.11. The minimum Gasteiger partial charge on any atom is -0.508 e. The van der Waals surface area contributed by atoms with Crippen molar-refractivity contribution in [3.8, 4) is 5.75 Å². The molecule has 1 heterocycles. The number of phenols is 1. The Hall–Kier alpha value is -1.81. The van der Waals surface area contributed by atoms with Gasteiger partial charge >= 0.3 is 0 Å². The first-order valence-corrected chi connectivity index (χ1v) is 6.28. The summed E-state index contributed by atoms with van der Waals surface area (Å²) in [5.41, 5.74) is 0.537. The summed E-state index contributed by atoms with van der Waals surface area (Å²) >= 11 is 0. The second-order valence-corrected chi connectivity index (χ2v) is 4.76. The lowest BCUT2D eigenvalue weighted by atomic mass is 10.1. The molecular weight excluding hydrogens is 245 g/mol. The lowest BCUT2D eigenvalue weighted by Gasteiger charge is -2.19. The largest absolute Gasteiger partial charge is 0.508 e. The molecule has 0 fully saturated rings. The summed E-state index contributed by atoms with van der Waals surface area (Å²) in [5, 5.41) is 13.0. The third kappa shape index (κ3) is 3.15.